The van der Waals surface area contributed by atoms with Gasteiger partial charge in [-0.3, -0.25) is 4.79 Å². The molecule has 1 saturated carbocycles. The minimum Gasteiger partial charge on any atom is -0.480 e. The number of nitrogens with one attached hydrogen (secondary N) is 1. The van der Waals surface area contributed by atoms with Gasteiger partial charge in [-0.15, -0.1) is 0 Å². The quantitative estimate of drug-likeness (QED) is 0.666. The number of carbonyl (C=O) groups excluding carboxylic acids is 1. The van der Waals surface area contributed by atoms with Crippen LogP contribution in [0, 0.1) is 11.8 Å². The molecule has 1 rings (SSSR count). The molecule has 1 aliphatic carbocycles. The highest BCUT2D eigenvalue weighted by Crippen LogP contribution is 2.36. The Hall–Kier alpha value is -1.10. The van der Waals surface area contributed by atoms with E-state index in [1.807, 2.05) is 6.92 Å². The van der Waals surface area contributed by atoms with Gasteiger partial charge in [0.2, 0.25) is 5.91 Å². The van der Waals surface area contributed by atoms with E-state index in [1.165, 1.54) is 7.11 Å². The molecule has 0 bridgehead atoms. The van der Waals surface area contributed by atoms with Crippen LogP contribution >= 0.6 is 0 Å². The summed E-state index contributed by atoms with van der Waals surface area (Å²) < 4.78 is 4.73. The number of amides is 1. The second-order valence-corrected chi connectivity index (χ2v) is 3.98. The number of carbonyl (C=O) groups is 2. The van der Waals surface area contributed by atoms with E-state index in [-0.39, 0.29) is 18.4 Å². The third-order valence-electron chi connectivity index (χ3n) is 2.69. The number of hydrogen-bond acceptors (Lipinski definition) is 3. The van der Waals surface area contributed by atoms with Gasteiger partial charge in [-0.2, -0.15) is 0 Å². The van der Waals surface area contributed by atoms with Gasteiger partial charge in [0.15, 0.2) is 6.04 Å². The van der Waals surface area contributed by atoms with Gasteiger partial charge in [0.25, 0.3) is 0 Å². The van der Waals surface area contributed by atoms with E-state index in [9.17, 15) is 9.59 Å². The monoisotopic (exact) mass is 215 g/mol. The molecule has 1 amide bonds. The maximum atomic E-state index is 11.6. The van der Waals surface area contributed by atoms with Crippen LogP contribution in [-0.4, -0.2) is 36.7 Å². The van der Waals surface area contributed by atoms with Crippen LogP contribution in [0.5, 0.6) is 0 Å². The van der Waals surface area contributed by atoms with Crippen LogP contribution in [0.25, 0.3) is 0 Å². The first-order valence-corrected chi connectivity index (χ1v) is 5.08. The van der Waals surface area contributed by atoms with E-state index in [0.29, 0.717) is 5.92 Å². The summed E-state index contributed by atoms with van der Waals surface area (Å²) in [5.41, 5.74) is 0. The standard InChI is InChI=1S/C10H17NO4/c1-6(7-3-4-7)9(12)11-8(5-15-2)10(13)14/h6-8H,3-5H2,1-2H3,(H,11,12)(H,13,14). The van der Waals surface area contributed by atoms with Crippen molar-refractivity contribution in [3.63, 3.8) is 0 Å². The van der Waals surface area contributed by atoms with Crippen LogP contribution in [0.15, 0.2) is 0 Å². The summed E-state index contributed by atoms with van der Waals surface area (Å²) in [4.78, 5) is 22.3. The highest BCUT2D eigenvalue weighted by atomic mass is 16.5. The normalized spacial score (nSPS) is 19.3. The van der Waals surface area contributed by atoms with Crippen molar-refractivity contribution < 1.29 is 19.4 Å². The molecular weight excluding hydrogens is 198 g/mol. The van der Waals surface area contributed by atoms with Crippen molar-refractivity contribution in [3.05, 3.63) is 0 Å². The molecule has 86 valence electrons. The Bertz CT molecular complexity index is 250. The third kappa shape index (κ3) is 3.51. The zero-order valence-corrected chi connectivity index (χ0v) is 9.03. The van der Waals surface area contributed by atoms with Gasteiger partial charge < -0.3 is 15.2 Å². The Balaban J connectivity index is 2.42. The fourth-order valence-electron chi connectivity index (χ4n) is 1.45. The minimum absolute atomic E-state index is 0.00153. The molecule has 5 nitrogen and oxygen atoms in total. The number of ether oxygens (including phenoxy) is 1. The summed E-state index contributed by atoms with van der Waals surface area (Å²) in [5, 5.41) is 11.3. The first-order chi connectivity index (χ1) is 7.06. The van der Waals surface area contributed by atoms with Crippen molar-refractivity contribution in [3.8, 4) is 0 Å². The molecule has 2 unspecified atom stereocenters. The van der Waals surface area contributed by atoms with Gasteiger partial charge >= 0.3 is 5.97 Å². The molecule has 2 atom stereocenters. The van der Waals surface area contributed by atoms with Crippen molar-refractivity contribution >= 4 is 11.9 Å². The predicted molar refractivity (Wildman–Crippen MR) is 53.3 cm³/mol. The fourth-order valence-corrected chi connectivity index (χ4v) is 1.45. The van der Waals surface area contributed by atoms with E-state index in [4.69, 9.17) is 9.84 Å². The van der Waals surface area contributed by atoms with Gasteiger partial charge in [0.05, 0.1) is 6.61 Å². The van der Waals surface area contributed by atoms with Crippen LogP contribution in [-0.2, 0) is 14.3 Å². The van der Waals surface area contributed by atoms with Gasteiger partial charge in [-0.05, 0) is 18.8 Å². The molecule has 2 N–H and O–H groups in total. The largest absolute Gasteiger partial charge is 0.480 e. The lowest BCUT2D eigenvalue weighted by atomic mass is 10.1. The Labute approximate surface area is 88.8 Å². The van der Waals surface area contributed by atoms with E-state index in [1.54, 1.807) is 0 Å². The summed E-state index contributed by atoms with van der Waals surface area (Å²) >= 11 is 0. The zero-order chi connectivity index (χ0) is 11.4. The molecule has 0 spiro atoms. The molecule has 0 radical (unpaired) electrons. The lowest BCUT2D eigenvalue weighted by Gasteiger charge is -2.16. The molecule has 0 aromatic rings. The van der Waals surface area contributed by atoms with Crippen LogP contribution < -0.4 is 5.32 Å². The lowest BCUT2D eigenvalue weighted by molar-refractivity contribution is -0.144. The summed E-state index contributed by atoms with van der Waals surface area (Å²) in [6.07, 6.45) is 2.13. The molecule has 0 aromatic heterocycles. The maximum absolute atomic E-state index is 11.6. The Morgan fingerprint density at radius 3 is 2.53 bits per heavy atom. The molecular formula is C10H17NO4. The summed E-state index contributed by atoms with van der Waals surface area (Å²) in [6, 6.07) is -0.941. The minimum atomic E-state index is -1.06. The second kappa shape index (κ2) is 5.11. The first-order valence-electron chi connectivity index (χ1n) is 5.08. The van der Waals surface area contributed by atoms with Crippen LogP contribution in [0.4, 0.5) is 0 Å². The SMILES string of the molecule is COCC(NC(=O)C(C)C1CC1)C(=O)O. The van der Waals surface area contributed by atoms with E-state index in [2.05, 4.69) is 5.32 Å². The second-order valence-electron chi connectivity index (χ2n) is 3.98. The topological polar surface area (TPSA) is 75.6 Å². The van der Waals surface area contributed by atoms with Crippen molar-refractivity contribution in [2.75, 3.05) is 13.7 Å². The average Bonchev–Trinajstić information content (AvgIpc) is 2.98. The number of rotatable bonds is 6. The Morgan fingerprint density at radius 2 is 2.13 bits per heavy atom. The predicted octanol–water partition coefficient (Wildman–Crippen LogP) is 0.248. The molecule has 5 heteroatoms. The van der Waals surface area contributed by atoms with Crippen LogP contribution in [0.3, 0.4) is 0 Å². The molecule has 0 aliphatic heterocycles. The number of carboxylic acid groups (broad SMARTS) is 1. The molecule has 0 aromatic carbocycles. The first kappa shape index (κ1) is 12.0. The van der Waals surface area contributed by atoms with Crippen LogP contribution in [0.2, 0.25) is 0 Å². The number of hydrogen-bond donors (Lipinski definition) is 2. The maximum Gasteiger partial charge on any atom is 0.328 e. The number of carboxylic acids is 1. The average molecular weight is 215 g/mol. The fraction of sp³-hybridized carbons (Fsp3) is 0.800. The van der Waals surface area contributed by atoms with Gasteiger partial charge in [-0.1, -0.05) is 6.92 Å². The summed E-state index contributed by atoms with van der Waals surface area (Å²) in [7, 11) is 1.41. The number of methoxy groups -OCH3 is 1. The molecule has 0 saturated heterocycles. The highest BCUT2D eigenvalue weighted by molar-refractivity contribution is 5.85. The smallest absolute Gasteiger partial charge is 0.328 e. The molecule has 0 heterocycles. The molecule has 1 aliphatic rings. The van der Waals surface area contributed by atoms with Crippen molar-refractivity contribution in [1.82, 2.24) is 5.32 Å². The van der Waals surface area contributed by atoms with E-state index < -0.39 is 12.0 Å². The third-order valence-corrected chi connectivity index (χ3v) is 2.69. The van der Waals surface area contributed by atoms with Gasteiger partial charge in [-0.25, -0.2) is 4.79 Å². The van der Waals surface area contributed by atoms with Crippen LogP contribution in [0.1, 0.15) is 19.8 Å². The summed E-state index contributed by atoms with van der Waals surface area (Å²) in [6.45, 7) is 1.83. The Kier molecular flexibility index (Phi) is 4.08. The lowest BCUT2D eigenvalue weighted by Crippen LogP contribution is -2.46. The molecule has 15 heavy (non-hydrogen) atoms. The van der Waals surface area contributed by atoms with Crippen molar-refractivity contribution in [2.24, 2.45) is 11.8 Å². The van der Waals surface area contributed by atoms with E-state index >= 15 is 0 Å². The van der Waals surface area contributed by atoms with E-state index in [0.717, 1.165) is 12.8 Å². The van der Waals surface area contributed by atoms with Crippen molar-refractivity contribution in [1.29, 1.82) is 0 Å². The van der Waals surface area contributed by atoms with Gasteiger partial charge in [0.1, 0.15) is 0 Å². The number of aliphatic carboxylic acids is 1. The zero-order valence-electron chi connectivity index (χ0n) is 9.03. The highest BCUT2D eigenvalue weighted by Gasteiger charge is 2.34. The van der Waals surface area contributed by atoms with Crippen molar-refractivity contribution in [2.45, 2.75) is 25.8 Å². The summed E-state index contributed by atoms with van der Waals surface area (Å²) in [5.74, 6) is -0.916. The van der Waals surface area contributed by atoms with Gasteiger partial charge in [0, 0.05) is 13.0 Å². The Morgan fingerprint density at radius 1 is 1.53 bits per heavy atom. The molecule has 1 fully saturated rings.